The molecule has 2 aliphatic heterocycles. The summed E-state index contributed by atoms with van der Waals surface area (Å²) in [6, 6.07) is 22.4. The molecule has 2 aromatic rings. The lowest BCUT2D eigenvalue weighted by molar-refractivity contribution is 0.638. The van der Waals surface area contributed by atoms with Crippen molar-refractivity contribution in [2.45, 2.75) is 37.5 Å². The molecule has 4 atom stereocenters. The normalized spacial score (nSPS) is 31.0. The molecular weight excluding hydrogens is 271 g/mol. The van der Waals surface area contributed by atoms with E-state index in [1.54, 1.807) is 22.0 Å². The first-order valence-corrected chi connectivity index (χ1v) is 9.31. The number of benzene rings is 2. The predicted molar refractivity (Wildman–Crippen MR) is 92.7 cm³/mol. The molecule has 106 valence electrons. The van der Waals surface area contributed by atoms with Crippen LogP contribution in [-0.4, -0.2) is 11.3 Å². The third-order valence-corrected chi connectivity index (χ3v) is 8.85. The van der Waals surface area contributed by atoms with E-state index in [0.717, 1.165) is 17.2 Å². The zero-order chi connectivity index (χ0) is 14.4. The summed E-state index contributed by atoms with van der Waals surface area (Å²) >= 11 is 0. The molecule has 0 spiro atoms. The molecule has 1 saturated heterocycles. The molecule has 2 aliphatic rings. The van der Waals surface area contributed by atoms with Crippen molar-refractivity contribution in [1.82, 2.24) is 0 Å². The van der Waals surface area contributed by atoms with Gasteiger partial charge in [-0.3, -0.25) is 0 Å². The Morgan fingerprint density at radius 2 is 1.43 bits per heavy atom. The van der Waals surface area contributed by atoms with Gasteiger partial charge in [-0.1, -0.05) is 79.7 Å². The monoisotopic (exact) mass is 292 g/mol. The maximum Gasteiger partial charge on any atom is 0.0115 e. The van der Waals surface area contributed by atoms with E-state index in [1.165, 1.54) is 6.42 Å². The molecule has 2 bridgehead atoms. The highest BCUT2D eigenvalue weighted by atomic mass is 31.1. The molecule has 21 heavy (non-hydrogen) atoms. The standard InChI is InChI=1S/C20H21P/c1-14-15(2)20-18(16-9-5-3-6-10-16)13-19(14)21(20)17-11-7-4-8-12-17/h3-12,18-20H,13H2,1-2H3/t18-,19+,20+,21?/m0/s1. The first-order valence-electron chi connectivity index (χ1n) is 7.83. The zero-order valence-electron chi connectivity index (χ0n) is 12.7. The summed E-state index contributed by atoms with van der Waals surface area (Å²) in [5, 5.41) is 1.59. The molecule has 0 N–H and O–H groups in total. The minimum absolute atomic E-state index is 0.0673. The van der Waals surface area contributed by atoms with Gasteiger partial charge in [-0.05, 0) is 37.1 Å². The van der Waals surface area contributed by atoms with Gasteiger partial charge in [0.1, 0.15) is 0 Å². The summed E-state index contributed by atoms with van der Waals surface area (Å²) in [5.41, 5.74) is 6.46. The van der Waals surface area contributed by atoms with Crippen LogP contribution in [0.15, 0.2) is 71.8 Å². The Morgan fingerprint density at radius 3 is 2.10 bits per heavy atom. The van der Waals surface area contributed by atoms with Crippen LogP contribution in [0.4, 0.5) is 0 Å². The van der Waals surface area contributed by atoms with Crippen LogP contribution in [0.5, 0.6) is 0 Å². The van der Waals surface area contributed by atoms with Crippen LogP contribution in [-0.2, 0) is 0 Å². The van der Waals surface area contributed by atoms with Crippen LogP contribution in [0.1, 0.15) is 31.7 Å². The molecule has 2 heterocycles. The van der Waals surface area contributed by atoms with Gasteiger partial charge in [-0.15, -0.1) is 0 Å². The first kappa shape index (κ1) is 13.3. The average molecular weight is 292 g/mol. The molecule has 0 amide bonds. The molecule has 1 heteroatoms. The third kappa shape index (κ3) is 2.00. The Kier molecular flexibility index (Phi) is 3.23. The van der Waals surface area contributed by atoms with E-state index in [1.807, 2.05) is 0 Å². The molecular formula is C20H21P. The van der Waals surface area contributed by atoms with Crippen LogP contribution >= 0.6 is 7.92 Å². The van der Waals surface area contributed by atoms with Gasteiger partial charge in [0.25, 0.3) is 0 Å². The molecule has 0 aromatic heterocycles. The van der Waals surface area contributed by atoms with Gasteiger partial charge in [0.15, 0.2) is 0 Å². The number of fused-ring (bicyclic) bond motifs is 2. The second kappa shape index (κ2) is 5.11. The van der Waals surface area contributed by atoms with E-state index in [-0.39, 0.29) is 7.92 Å². The maximum atomic E-state index is 2.38. The maximum absolute atomic E-state index is 2.38. The Bertz CT molecular complexity index is 671. The molecule has 0 radical (unpaired) electrons. The highest BCUT2D eigenvalue weighted by Gasteiger charge is 2.50. The Morgan fingerprint density at radius 1 is 0.810 bits per heavy atom. The summed E-state index contributed by atoms with van der Waals surface area (Å²) in [6.07, 6.45) is 1.35. The van der Waals surface area contributed by atoms with Crippen molar-refractivity contribution in [1.29, 1.82) is 0 Å². The quantitative estimate of drug-likeness (QED) is 0.535. The van der Waals surface area contributed by atoms with Crippen LogP contribution in [0.25, 0.3) is 0 Å². The van der Waals surface area contributed by atoms with E-state index in [4.69, 9.17) is 0 Å². The molecule has 0 aliphatic carbocycles. The largest absolute Gasteiger partial charge is 0.0660 e. The lowest BCUT2D eigenvalue weighted by atomic mass is 9.81. The molecule has 1 unspecified atom stereocenters. The third-order valence-electron chi connectivity index (χ3n) is 5.34. The van der Waals surface area contributed by atoms with Gasteiger partial charge < -0.3 is 0 Å². The molecule has 0 saturated carbocycles. The minimum atomic E-state index is -0.0673. The average Bonchev–Trinajstić information content (AvgIpc) is 3.04. The summed E-state index contributed by atoms with van der Waals surface area (Å²) < 4.78 is 0. The fraction of sp³-hybridized carbons (Fsp3) is 0.300. The summed E-state index contributed by atoms with van der Waals surface area (Å²) in [4.78, 5) is 0. The lowest BCUT2D eigenvalue weighted by Crippen LogP contribution is -2.16. The lowest BCUT2D eigenvalue weighted by Gasteiger charge is -2.25. The fourth-order valence-electron chi connectivity index (χ4n) is 4.22. The predicted octanol–water partition coefficient (Wildman–Crippen LogP) is 5.07. The molecule has 4 rings (SSSR count). The van der Waals surface area contributed by atoms with Crippen molar-refractivity contribution in [2.24, 2.45) is 0 Å². The van der Waals surface area contributed by atoms with Crippen LogP contribution < -0.4 is 5.30 Å². The fourth-order valence-corrected chi connectivity index (χ4v) is 8.18. The van der Waals surface area contributed by atoms with Gasteiger partial charge in [0, 0.05) is 11.3 Å². The van der Waals surface area contributed by atoms with E-state index < -0.39 is 0 Å². The second-order valence-corrected chi connectivity index (χ2v) is 8.83. The van der Waals surface area contributed by atoms with Crippen LogP contribution in [0.3, 0.4) is 0 Å². The van der Waals surface area contributed by atoms with Gasteiger partial charge >= 0.3 is 0 Å². The zero-order valence-corrected chi connectivity index (χ0v) is 13.6. The molecule has 1 fully saturated rings. The molecule has 2 aromatic carbocycles. The van der Waals surface area contributed by atoms with Gasteiger partial charge in [0.2, 0.25) is 0 Å². The van der Waals surface area contributed by atoms with Crippen molar-refractivity contribution in [3.05, 3.63) is 77.4 Å². The van der Waals surface area contributed by atoms with Crippen molar-refractivity contribution in [3.63, 3.8) is 0 Å². The van der Waals surface area contributed by atoms with Gasteiger partial charge in [0.05, 0.1) is 0 Å². The summed E-state index contributed by atoms with van der Waals surface area (Å²) in [6.45, 7) is 4.76. The SMILES string of the molecule is CC1=C(C)[C@@H]2[C@H](c3ccccc3)C[C@H]1P2c1ccccc1. The smallest absolute Gasteiger partial charge is 0.0115 e. The summed E-state index contributed by atoms with van der Waals surface area (Å²) in [5.74, 6) is 0.728. The van der Waals surface area contributed by atoms with E-state index in [2.05, 4.69) is 74.5 Å². The number of allylic oxidation sites excluding steroid dienone is 2. The topological polar surface area (TPSA) is 0 Å². The molecule has 0 nitrogen and oxygen atoms in total. The highest BCUT2D eigenvalue weighted by molar-refractivity contribution is 7.68. The van der Waals surface area contributed by atoms with Crippen molar-refractivity contribution < 1.29 is 0 Å². The van der Waals surface area contributed by atoms with Crippen molar-refractivity contribution >= 4 is 13.2 Å². The number of rotatable bonds is 2. The highest BCUT2D eigenvalue weighted by Crippen LogP contribution is 2.69. The van der Waals surface area contributed by atoms with Crippen molar-refractivity contribution in [2.75, 3.05) is 0 Å². The van der Waals surface area contributed by atoms with E-state index >= 15 is 0 Å². The van der Waals surface area contributed by atoms with Gasteiger partial charge in [-0.25, -0.2) is 0 Å². The Balaban J connectivity index is 1.77. The second-order valence-electron chi connectivity index (χ2n) is 6.32. The van der Waals surface area contributed by atoms with Crippen LogP contribution in [0.2, 0.25) is 0 Å². The van der Waals surface area contributed by atoms with E-state index in [9.17, 15) is 0 Å². The summed E-state index contributed by atoms with van der Waals surface area (Å²) in [7, 11) is -0.0673. The Labute approximate surface area is 128 Å². The minimum Gasteiger partial charge on any atom is -0.0660 e. The number of hydrogen-bond acceptors (Lipinski definition) is 0. The Hall–Kier alpha value is -1.39. The van der Waals surface area contributed by atoms with E-state index in [0.29, 0.717) is 0 Å². The van der Waals surface area contributed by atoms with Crippen LogP contribution in [0, 0.1) is 0 Å². The first-order chi connectivity index (χ1) is 10.3. The number of hydrogen-bond donors (Lipinski definition) is 0. The van der Waals surface area contributed by atoms with Gasteiger partial charge in [-0.2, -0.15) is 0 Å². The van der Waals surface area contributed by atoms with Crippen molar-refractivity contribution in [3.8, 4) is 0 Å².